The Morgan fingerprint density at radius 1 is 1.45 bits per heavy atom. The Kier molecular flexibility index (Phi) is 3.08. The molecule has 0 atom stereocenters. The van der Waals surface area contributed by atoms with Crippen molar-refractivity contribution >= 4 is 29.9 Å². The number of ether oxygens (including phenoxy) is 1. The van der Waals surface area contributed by atoms with E-state index in [1.54, 1.807) is 11.0 Å². The second kappa shape index (κ2) is 4.66. The first-order chi connectivity index (χ1) is 9.54. The third-order valence-corrected chi connectivity index (χ3v) is 4.55. The third-order valence-electron chi connectivity index (χ3n) is 3.88. The molecule has 2 aliphatic rings. The average Bonchev–Trinajstić information content (AvgIpc) is 3.22. The van der Waals surface area contributed by atoms with Gasteiger partial charge in [0.2, 0.25) is 0 Å². The van der Waals surface area contributed by atoms with E-state index in [-0.39, 0.29) is 23.6 Å². The minimum atomic E-state index is -0.469. The molecule has 1 heterocycles. The summed E-state index contributed by atoms with van der Waals surface area (Å²) in [5.41, 5.74) is 0.504. The van der Waals surface area contributed by atoms with Gasteiger partial charge in [-0.3, -0.25) is 14.9 Å². The number of hydrogen-bond acceptors (Lipinski definition) is 5. The predicted molar refractivity (Wildman–Crippen MR) is 76.5 cm³/mol. The lowest BCUT2D eigenvalue weighted by molar-refractivity contribution is -0.384. The molecular weight excluding hydrogens is 280 g/mol. The Bertz CT molecular complexity index is 586. The van der Waals surface area contributed by atoms with E-state index in [1.807, 2.05) is 0 Å². The van der Waals surface area contributed by atoms with Crippen LogP contribution in [0.2, 0.25) is 0 Å². The fourth-order valence-electron chi connectivity index (χ4n) is 2.36. The van der Waals surface area contributed by atoms with E-state index in [4.69, 9.17) is 4.74 Å². The summed E-state index contributed by atoms with van der Waals surface area (Å²) in [6.45, 7) is 0.528. The maximum Gasteiger partial charge on any atom is 0.271 e. The van der Waals surface area contributed by atoms with Crippen molar-refractivity contribution in [3.05, 3.63) is 28.3 Å². The Balaban J connectivity index is 1.96. The molecule has 3 rings (SSSR count). The number of nitrogens with zero attached hydrogens (tertiary/aromatic N) is 2. The number of rotatable bonds is 4. The van der Waals surface area contributed by atoms with Crippen LogP contribution in [0.4, 0.5) is 11.4 Å². The largest absolute Gasteiger partial charge is 0.482 e. The van der Waals surface area contributed by atoms with Crippen molar-refractivity contribution in [2.75, 3.05) is 23.8 Å². The number of nitro groups is 1. The van der Waals surface area contributed by atoms with E-state index in [1.165, 1.54) is 12.1 Å². The van der Waals surface area contributed by atoms with E-state index in [9.17, 15) is 14.9 Å². The van der Waals surface area contributed by atoms with Crippen LogP contribution in [0.15, 0.2) is 18.2 Å². The number of non-ortho nitro benzene ring substituents is 1. The zero-order valence-electron chi connectivity index (χ0n) is 10.7. The van der Waals surface area contributed by atoms with Gasteiger partial charge < -0.3 is 9.64 Å². The standard InChI is InChI=1S/C13H14N2O4S/c16-12-6-19-11-2-1-9(15(17)18)5-10(11)14(12)7-13(8-20)3-4-13/h1-2,5,20H,3-4,6-8H2. The van der Waals surface area contributed by atoms with Crippen LogP contribution in [0.25, 0.3) is 0 Å². The molecule has 0 saturated heterocycles. The number of nitro benzene ring substituents is 1. The summed E-state index contributed by atoms with van der Waals surface area (Å²) in [6, 6.07) is 4.34. The molecule has 0 N–H and O–H groups in total. The predicted octanol–water partition coefficient (Wildman–Crippen LogP) is 2.03. The maximum atomic E-state index is 12.1. The van der Waals surface area contributed by atoms with Gasteiger partial charge in [-0.2, -0.15) is 12.6 Å². The van der Waals surface area contributed by atoms with E-state index < -0.39 is 4.92 Å². The second-order valence-electron chi connectivity index (χ2n) is 5.34. The van der Waals surface area contributed by atoms with Gasteiger partial charge in [-0.1, -0.05) is 0 Å². The van der Waals surface area contributed by atoms with Crippen molar-refractivity contribution in [1.29, 1.82) is 0 Å². The Morgan fingerprint density at radius 3 is 2.80 bits per heavy atom. The SMILES string of the molecule is O=C1COc2ccc([N+](=O)[O-])cc2N1CC1(CS)CC1. The normalized spacial score (nSPS) is 19.2. The molecule has 7 heteroatoms. The number of amides is 1. The molecule has 20 heavy (non-hydrogen) atoms. The van der Waals surface area contributed by atoms with E-state index in [2.05, 4.69) is 12.6 Å². The summed E-state index contributed by atoms with van der Waals surface area (Å²) >= 11 is 4.34. The lowest BCUT2D eigenvalue weighted by Crippen LogP contribution is -2.42. The van der Waals surface area contributed by atoms with Gasteiger partial charge in [0.1, 0.15) is 5.75 Å². The molecule has 6 nitrogen and oxygen atoms in total. The third kappa shape index (κ3) is 2.22. The number of thiol groups is 1. The highest BCUT2D eigenvalue weighted by molar-refractivity contribution is 7.80. The van der Waals surface area contributed by atoms with Crippen molar-refractivity contribution in [1.82, 2.24) is 0 Å². The van der Waals surface area contributed by atoms with Crippen molar-refractivity contribution in [2.24, 2.45) is 5.41 Å². The highest BCUT2D eigenvalue weighted by Gasteiger charge is 2.45. The maximum absolute atomic E-state index is 12.1. The monoisotopic (exact) mass is 294 g/mol. The molecule has 1 aliphatic carbocycles. The number of hydrogen-bond donors (Lipinski definition) is 1. The van der Waals surface area contributed by atoms with Crippen LogP contribution in [-0.4, -0.2) is 29.7 Å². The Labute approximate surface area is 121 Å². The summed E-state index contributed by atoms with van der Waals surface area (Å²) in [4.78, 5) is 24.1. The van der Waals surface area contributed by atoms with Gasteiger partial charge in [0.25, 0.3) is 11.6 Å². The van der Waals surface area contributed by atoms with Crippen LogP contribution in [-0.2, 0) is 4.79 Å². The van der Waals surface area contributed by atoms with Gasteiger partial charge in [-0.05, 0) is 30.1 Å². The van der Waals surface area contributed by atoms with Crippen LogP contribution in [0.5, 0.6) is 5.75 Å². The molecule has 1 saturated carbocycles. The van der Waals surface area contributed by atoms with Gasteiger partial charge in [-0.15, -0.1) is 0 Å². The summed E-state index contributed by atoms with van der Waals surface area (Å²) in [5.74, 6) is 1.07. The molecule has 0 bridgehead atoms. The highest BCUT2D eigenvalue weighted by atomic mass is 32.1. The van der Waals surface area contributed by atoms with Crippen LogP contribution < -0.4 is 9.64 Å². The van der Waals surface area contributed by atoms with Crippen molar-refractivity contribution < 1.29 is 14.5 Å². The highest BCUT2D eigenvalue weighted by Crippen LogP contribution is 2.49. The molecule has 0 spiro atoms. The summed E-state index contributed by atoms with van der Waals surface area (Å²) in [5, 5.41) is 10.9. The number of fused-ring (bicyclic) bond motifs is 1. The first kappa shape index (κ1) is 13.2. The molecule has 0 radical (unpaired) electrons. The summed E-state index contributed by atoms with van der Waals surface area (Å²) in [7, 11) is 0. The topological polar surface area (TPSA) is 72.7 Å². The number of carbonyl (C=O) groups is 1. The summed E-state index contributed by atoms with van der Waals surface area (Å²) in [6.07, 6.45) is 2.07. The van der Waals surface area contributed by atoms with Crippen LogP contribution in [0.1, 0.15) is 12.8 Å². The minimum Gasteiger partial charge on any atom is -0.482 e. The fourth-order valence-corrected chi connectivity index (χ4v) is 2.77. The Morgan fingerprint density at radius 2 is 2.20 bits per heavy atom. The van der Waals surface area contributed by atoms with Crippen LogP contribution in [0.3, 0.4) is 0 Å². The first-order valence-electron chi connectivity index (χ1n) is 6.37. The number of benzene rings is 1. The summed E-state index contributed by atoms with van der Waals surface area (Å²) < 4.78 is 5.34. The molecule has 0 aromatic heterocycles. The lowest BCUT2D eigenvalue weighted by Gasteiger charge is -2.31. The zero-order valence-corrected chi connectivity index (χ0v) is 11.6. The van der Waals surface area contributed by atoms with E-state index in [0.717, 1.165) is 12.8 Å². The van der Waals surface area contributed by atoms with Gasteiger partial charge in [0.15, 0.2) is 6.61 Å². The van der Waals surface area contributed by atoms with Crippen molar-refractivity contribution in [3.63, 3.8) is 0 Å². The van der Waals surface area contributed by atoms with Gasteiger partial charge in [-0.25, -0.2) is 0 Å². The minimum absolute atomic E-state index is 0.0204. The molecule has 1 amide bonds. The Hall–Kier alpha value is -1.76. The van der Waals surface area contributed by atoms with Crippen molar-refractivity contribution in [2.45, 2.75) is 12.8 Å². The lowest BCUT2D eigenvalue weighted by atomic mass is 10.1. The molecular formula is C13H14N2O4S. The molecule has 1 aliphatic heterocycles. The molecule has 1 aromatic rings. The van der Waals surface area contributed by atoms with E-state index >= 15 is 0 Å². The van der Waals surface area contributed by atoms with Gasteiger partial charge in [0.05, 0.1) is 10.6 Å². The smallest absolute Gasteiger partial charge is 0.271 e. The second-order valence-corrected chi connectivity index (χ2v) is 5.65. The van der Waals surface area contributed by atoms with Gasteiger partial charge in [0, 0.05) is 18.7 Å². The number of carbonyl (C=O) groups excluding carboxylic acids is 1. The fraction of sp³-hybridized carbons (Fsp3) is 0.462. The molecule has 1 fully saturated rings. The zero-order chi connectivity index (χ0) is 14.3. The van der Waals surface area contributed by atoms with Gasteiger partial charge >= 0.3 is 0 Å². The van der Waals surface area contributed by atoms with Crippen molar-refractivity contribution in [3.8, 4) is 5.75 Å². The number of anilines is 1. The molecule has 0 unspecified atom stereocenters. The average molecular weight is 294 g/mol. The van der Waals surface area contributed by atoms with E-state index in [0.29, 0.717) is 23.7 Å². The molecule has 106 valence electrons. The van der Waals surface area contributed by atoms with Crippen LogP contribution >= 0.6 is 12.6 Å². The quantitative estimate of drug-likeness (QED) is 0.524. The first-order valence-corrected chi connectivity index (χ1v) is 7.00. The van der Waals surface area contributed by atoms with Crippen LogP contribution in [0, 0.1) is 15.5 Å². The molecule has 1 aromatic carbocycles.